The van der Waals surface area contributed by atoms with Gasteiger partial charge in [0.05, 0.1) is 12.6 Å². The Kier molecular flexibility index (Phi) is 5.13. The van der Waals surface area contributed by atoms with Gasteiger partial charge in [0.25, 0.3) is 0 Å². The summed E-state index contributed by atoms with van der Waals surface area (Å²) in [5.74, 6) is 0.444. The van der Waals surface area contributed by atoms with Crippen molar-refractivity contribution in [2.45, 2.75) is 24.8 Å². The van der Waals surface area contributed by atoms with E-state index >= 15 is 0 Å². The lowest BCUT2D eigenvalue weighted by Crippen LogP contribution is -2.42. The van der Waals surface area contributed by atoms with Crippen molar-refractivity contribution >= 4 is 21.8 Å². The first-order valence-corrected chi connectivity index (χ1v) is 8.69. The summed E-state index contributed by atoms with van der Waals surface area (Å²) < 4.78 is 1.06. The molecule has 0 spiro atoms. The molecule has 1 heterocycles. The number of hydrogen-bond donors (Lipinski definition) is 1. The van der Waals surface area contributed by atoms with Crippen LogP contribution in [0.1, 0.15) is 35.9 Å². The van der Waals surface area contributed by atoms with Gasteiger partial charge in [-0.15, -0.1) is 0 Å². The molecule has 120 valence electrons. The van der Waals surface area contributed by atoms with Crippen molar-refractivity contribution in [3.8, 4) is 0 Å². The first-order chi connectivity index (χ1) is 11.2. The number of hydrogen-bond acceptors (Lipinski definition) is 2. The van der Waals surface area contributed by atoms with E-state index in [0.29, 0.717) is 18.9 Å². The van der Waals surface area contributed by atoms with Crippen molar-refractivity contribution in [1.29, 1.82) is 0 Å². The summed E-state index contributed by atoms with van der Waals surface area (Å²) in [5.41, 5.74) is 2.23. The second-order valence-electron chi connectivity index (χ2n) is 5.94. The number of likely N-dealkylation sites (tertiary alicyclic amines) is 1. The molecule has 0 aliphatic carbocycles. The molecule has 1 fully saturated rings. The molecule has 0 radical (unpaired) electrons. The molecule has 3 nitrogen and oxygen atoms in total. The number of rotatable bonds is 4. The Morgan fingerprint density at radius 2 is 1.83 bits per heavy atom. The quantitative estimate of drug-likeness (QED) is 0.882. The fourth-order valence-electron chi connectivity index (χ4n) is 3.24. The van der Waals surface area contributed by atoms with Gasteiger partial charge in [-0.2, -0.15) is 0 Å². The lowest BCUT2D eigenvalue weighted by Gasteiger charge is -2.38. The average Bonchev–Trinajstić information content (AvgIpc) is 2.59. The highest BCUT2D eigenvalue weighted by Crippen LogP contribution is 2.33. The normalized spacial score (nSPS) is 19.7. The largest absolute Gasteiger partial charge is 0.394 e. The average molecular weight is 374 g/mol. The summed E-state index contributed by atoms with van der Waals surface area (Å²) in [6.07, 6.45) is 1.40. The molecule has 2 aromatic carbocycles. The van der Waals surface area contributed by atoms with E-state index < -0.39 is 0 Å². The van der Waals surface area contributed by atoms with Crippen molar-refractivity contribution in [1.82, 2.24) is 4.90 Å². The lowest BCUT2D eigenvalue weighted by molar-refractivity contribution is -0.137. The lowest BCUT2D eigenvalue weighted by atomic mass is 9.89. The maximum Gasteiger partial charge on any atom is 0.223 e. The van der Waals surface area contributed by atoms with Crippen LogP contribution < -0.4 is 0 Å². The fraction of sp³-hybridized carbons (Fsp3) is 0.316. The molecule has 4 heteroatoms. The van der Waals surface area contributed by atoms with Crippen LogP contribution in [-0.2, 0) is 4.79 Å². The molecule has 1 amide bonds. The molecule has 1 aliphatic heterocycles. The Bertz CT molecular complexity index is 657. The van der Waals surface area contributed by atoms with Crippen LogP contribution in [0.5, 0.6) is 0 Å². The number of aliphatic hydroxyl groups excluding tert-OH is 1. The maximum absolute atomic E-state index is 12.4. The van der Waals surface area contributed by atoms with Crippen LogP contribution in [0.15, 0.2) is 59.1 Å². The van der Waals surface area contributed by atoms with Gasteiger partial charge in [0.1, 0.15) is 0 Å². The molecule has 3 rings (SSSR count). The van der Waals surface area contributed by atoms with Gasteiger partial charge in [0.2, 0.25) is 5.91 Å². The van der Waals surface area contributed by atoms with Gasteiger partial charge in [0, 0.05) is 23.4 Å². The summed E-state index contributed by atoms with van der Waals surface area (Å²) in [6.45, 7) is 0.601. The van der Waals surface area contributed by atoms with E-state index in [1.807, 2.05) is 47.4 Å². The minimum Gasteiger partial charge on any atom is -0.394 e. The number of carbonyl (C=O) groups is 1. The van der Waals surface area contributed by atoms with Crippen LogP contribution in [0.3, 0.4) is 0 Å². The van der Waals surface area contributed by atoms with Gasteiger partial charge in [-0.25, -0.2) is 0 Å². The number of halogens is 1. The third-order valence-electron chi connectivity index (χ3n) is 4.52. The van der Waals surface area contributed by atoms with E-state index in [-0.39, 0.29) is 18.6 Å². The zero-order valence-electron chi connectivity index (χ0n) is 12.9. The summed E-state index contributed by atoms with van der Waals surface area (Å²) in [5, 5.41) is 9.84. The molecule has 2 aromatic rings. The third kappa shape index (κ3) is 3.65. The molecule has 1 aliphatic rings. The molecular weight excluding hydrogens is 354 g/mol. The van der Waals surface area contributed by atoms with E-state index in [9.17, 15) is 9.90 Å². The topological polar surface area (TPSA) is 40.5 Å². The van der Waals surface area contributed by atoms with Crippen LogP contribution in [0.25, 0.3) is 0 Å². The van der Waals surface area contributed by atoms with Gasteiger partial charge >= 0.3 is 0 Å². The number of nitrogens with zero attached hydrogens (tertiary/aromatic N) is 1. The zero-order chi connectivity index (χ0) is 16.2. The van der Waals surface area contributed by atoms with E-state index in [2.05, 4.69) is 28.1 Å². The summed E-state index contributed by atoms with van der Waals surface area (Å²) >= 11 is 3.46. The van der Waals surface area contributed by atoms with Crippen LogP contribution in [0, 0.1) is 0 Å². The van der Waals surface area contributed by atoms with Gasteiger partial charge in [-0.3, -0.25) is 4.79 Å². The highest BCUT2D eigenvalue weighted by molar-refractivity contribution is 9.10. The monoisotopic (exact) mass is 373 g/mol. The molecule has 0 aromatic heterocycles. The van der Waals surface area contributed by atoms with Crippen LogP contribution in [-0.4, -0.2) is 29.1 Å². The molecule has 0 bridgehead atoms. The van der Waals surface area contributed by atoms with Crippen molar-refractivity contribution in [2.75, 3.05) is 13.2 Å². The zero-order valence-corrected chi connectivity index (χ0v) is 14.4. The Labute approximate surface area is 145 Å². The molecule has 23 heavy (non-hydrogen) atoms. The molecule has 1 saturated heterocycles. The number of benzene rings is 2. The van der Waals surface area contributed by atoms with Crippen molar-refractivity contribution in [3.05, 3.63) is 70.2 Å². The van der Waals surface area contributed by atoms with Crippen LogP contribution in [0.2, 0.25) is 0 Å². The Morgan fingerprint density at radius 1 is 1.13 bits per heavy atom. The van der Waals surface area contributed by atoms with E-state index in [1.165, 1.54) is 5.56 Å². The molecule has 0 saturated carbocycles. The SMILES string of the molecule is O=C1CC[C@@H](c2ccc(Br)cc2)CN1[C@H](CO)c1ccccc1. The number of piperidine rings is 1. The Morgan fingerprint density at radius 3 is 2.48 bits per heavy atom. The summed E-state index contributed by atoms with van der Waals surface area (Å²) in [4.78, 5) is 14.2. The first kappa shape index (κ1) is 16.2. The van der Waals surface area contributed by atoms with Gasteiger partial charge < -0.3 is 10.0 Å². The van der Waals surface area contributed by atoms with E-state index in [0.717, 1.165) is 16.5 Å². The van der Waals surface area contributed by atoms with E-state index in [1.54, 1.807) is 0 Å². The minimum absolute atomic E-state index is 0.0528. The third-order valence-corrected chi connectivity index (χ3v) is 5.05. The smallest absolute Gasteiger partial charge is 0.223 e. The predicted octanol–water partition coefficient (Wildman–Crippen LogP) is 3.89. The molecular formula is C19H20BrNO2. The fourth-order valence-corrected chi connectivity index (χ4v) is 3.50. The number of aliphatic hydroxyl groups is 1. The van der Waals surface area contributed by atoms with Crippen LogP contribution >= 0.6 is 15.9 Å². The van der Waals surface area contributed by atoms with Gasteiger partial charge in [-0.1, -0.05) is 58.4 Å². The number of carbonyl (C=O) groups excluding carboxylic acids is 1. The standard InChI is InChI=1S/C19H20BrNO2/c20-17-9-6-14(7-10-17)16-8-11-19(23)21(12-16)18(13-22)15-4-2-1-3-5-15/h1-7,9-10,16,18,22H,8,11-13H2/t16-,18-/m1/s1. The maximum atomic E-state index is 12.4. The van der Waals surface area contributed by atoms with Gasteiger partial charge in [-0.05, 0) is 29.7 Å². The highest BCUT2D eigenvalue weighted by Gasteiger charge is 2.32. The second kappa shape index (κ2) is 7.28. The first-order valence-electron chi connectivity index (χ1n) is 7.90. The molecule has 0 unspecified atom stereocenters. The molecule has 2 atom stereocenters. The van der Waals surface area contributed by atoms with E-state index in [4.69, 9.17) is 0 Å². The Hall–Kier alpha value is -1.65. The minimum atomic E-state index is -0.262. The van der Waals surface area contributed by atoms with Crippen molar-refractivity contribution in [2.24, 2.45) is 0 Å². The summed E-state index contributed by atoms with van der Waals surface area (Å²) in [7, 11) is 0. The predicted molar refractivity (Wildman–Crippen MR) is 94.1 cm³/mol. The highest BCUT2D eigenvalue weighted by atomic mass is 79.9. The van der Waals surface area contributed by atoms with Crippen molar-refractivity contribution in [3.63, 3.8) is 0 Å². The number of amides is 1. The van der Waals surface area contributed by atoms with Crippen LogP contribution in [0.4, 0.5) is 0 Å². The summed E-state index contributed by atoms with van der Waals surface area (Å²) in [6, 6.07) is 17.8. The second-order valence-corrected chi connectivity index (χ2v) is 6.86. The molecule has 1 N–H and O–H groups in total. The Balaban J connectivity index is 1.82. The van der Waals surface area contributed by atoms with Crippen molar-refractivity contribution < 1.29 is 9.90 Å². The van der Waals surface area contributed by atoms with Gasteiger partial charge in [0.15, 0.2) is 0 Å².